The number of ether oxygens (including phenoxy) is 1. The van der Waals surface area contributed by atoms with E-state index >= 15 is 0 Å². The van der Waals surface area contributed by atoms with Crippen LogP contribution in [0.3, 0.4) is 0 Å². The molecule has 22 heavy (non-hydrogen) atoms. The Morgan fingerprint density at radius 1 is 1.27 bits per heavy atom. The molecule has 1 aliphatic rings. The molecule has 1 aliphatic heterocycles. The van der Waals surface area contributed by atoms with E-state index in [1.165, 1.54) is 0 Å². The summed E-state index contributed by atoms with van der Waals surface area (Å²) in [5, 5.41) is 0. The fourth-order valence-corrected chi connectivity index (χ4v) is 2.55. The van der Waals surface area contributed by atoms with Gasteiger partial charge in [0.05, 0.1) is 6.61 Å². The summed E-state index contributed by atoms with van der Waals surface area (Å²) in [5.41, 5.74) is 6.59. The van der Waals surface area contributed by atoms with E-state index in [0.717, 1.165) is 50.2 Å². The number of nitrogens with two attached hydrogens (primary N) is 1. The molecule has 2 rings (SSSR count). The van der Waals surface area contributed by atoms with E-state index in [2.05, 4.69) is 4.90 Å². The van der Waals surface area contributed by atoms with E-state index in [1.807, 2.05) is 43.3 Å². The van der Waals surface area contributed by atoms with Gasteiger partial charge < -0.3 is 20.3 Å². The van der Waals surface area contributed by atoms with Crippen molar-refractivity contribution in [2.45, 2.75) is 25.3 Å². The summed E-state index contributed by atoms with van der Waals surface area (Å²) < 4.78 is 5.68. The summed E-state index contributed by atoms with van der Waals surface area (Å²) in [6, 6.07) is 7.68. The quantitative estimate of drug-likeness (QED) is 0.811. The zero-order valence-corrected chi connectivity index (χ0v) is 13.6. The van der Waals surface area contributed by atoms with Crippen LogP contribution in [-0.4, -0.2) is 62.1 Å². The molecule has 0 saturated carbocycles. The molecule has 122 valence electrons. The van der Waals surface area contributed by atoms with Gasteiger partial charge in [0.25, 0.3) is 5.91 Å². The highest BCUT2D eigenvalue weighted by atomic mass is 16.5. The zero-order chi connectivity index (χ0) is 15.9. The molecule has 0 unspecified atom stereocenters. The molecule has 0 aliphatic carbocycles. The van der Waals surface area contributed by atoms with Gasteiger partial charge in [0.2, 0.25) is 0 Å². The van der Waals surface area contributed by atoms with Crippen LogP contribution in [0, 0.1) is 0 Å². The molecule has 0 bridgehead atoms. The molecule has 1 fully saturated rings. The third-order valence-electron chi connectivity index (χ3n) is 3.95. The SMILES string of the molecule is CN(C)CCCOc1ccc(C(=O)N2CCC(N)CC2)cc1. The molecule has 2 N–H and O–H groups in total. The fourth-order valence-electron chi connectivity index (χ4n) is 2.55. The first-order chi connectivity index (χ1) is 10.6. The molecule has 1 aromatic carbocycles. The Hall–Kier alpha value is -1.59. The Bertz CT molecular complexity index is 465. The third kappa shape index (κ3) is 5.00. The molecule has 1 saturated heterocycles. The van der Waals surface area contributed by atoms with E-state index in [9.17, 15) is 4.79 Å². The number of piperidine rings is 1. The van der Waals surface area contributed by atoms with Crippen LogP contribution in [0.1, 0.15) is 29.6 Å². The van der Waals surface area contributed by atoms with E-state index in [-0.39, 0.29) is 11.9 Å². The largest absolute Gasteiger partial charge is 0.494 e. The minimum Gasteiger partial charge on any atom is -0.494 e. The topological polar surface area (TPSA) is 58.8 Å². The molecule has 5 heteroatoms. The Balaban J connectivity index is 1.82. The highest BCUT2D eigenvalue weighted by Crippen LogP contribution is 2.16. The lowest BCUT2D eigenvalue weighted by atomic mass is 10.0. The lowest BCUT2D eigenvalue weighted by Gasteiger charge is -2.30. The van der Waals surface area contributed by atoms with Gasteiger partial charge in [-0.05, 0) is 57.6 Å². The molecule has 1 aromatic rings. The van der Waals surface area contributed by atoms with Gasteiger partial charge in [-0.15, -0.1) is 0 Å². The molecule has 0 atom stereocenters. The molecule has 0 aromatic heterocycles. The number of carbonyl (C=O) groups excluding carboxylic acids is 1. The van der Waals surface area contributed by atoms with Crippen molar-refractivity contribution in [3.8, 4) is 5.75 Å². The Labute approximate surface area is 133 Å². The van der Waals surface area contributed by atoms with Crippen molar-refractivity contribution < 1.29 is 9.53 Å². The van der Waals surface area contributed by atoms with E-state index < -0.39 is 0 Å². The second kappa shape index (κ2) is 8.15. The summed E-state index contributed by atoms with van der Waals surface area (Å²) in [4.78, 5) is 16.4. The van der Waals surface area contributed by atoms with Crippen LogP contribution in [0.2, 0.25) is 0 Å². The number of rotatable bonds is 6. The van der Waals surface area contributed by atoms with E-state index in [4.69, 9.17) is 10.5 Å². The fraction of sp³-hybridized carbons (Fsp3) is 0.588. The summed E-state index contributed by atoms with van der Waals surface area (Å²) in [5.74, 6) is 0.905. The normalized spacial score (nSPS) is 16.1. The van der Waals surface area contributed by atoms with Gasteiger partial charge in [-0.1, -0.05) is 0 Å². The van der Waals surface area contributed by atoms with Crippen LogP contribution in [-0.2, 0) is 0 Å². The first kappa shape index (κ1) is 16.8. The van der Waals surface area contributed by atoms with Crippen molar-refractivity contribution in [1.82, 2.24) is 9.80 Å². The van der Waals surface area contributed by atoms with Gasteiger partial charge >= 0.3 is 0 Å². The van der Waals surface area contributed by atoms with Gasteiger partial charge in [-0.2, -0.15) is 0 Å². The first-order valence-electron chi connectivity index (χ1n) is 7.98. The summed E-state index contributed by atoms with van der Waals surface area (Å²) in [6.07, 6.45) is 2.76. The van der Waals surface area contributed by atoms with Crippen molar-refractivity contribution in [1.29, 1.82) is 0 Å². The van der Waals surface area contributed by atoms with Crippen molar-refractivity contribution in [3.05, 3.63) is 29.8 Å². The van der Waals surface area contributed by atoms with Crippen molar-refractivity contribution in [3.63, 3.8) is 0 Å². The third-order valence-corrected chi connectivity index (χ3v) is 3.95. The van der Waals surface area contributed by atoms with Gasteiger partial charge in [0.1, 0.15) is 5.75 Å². The van der Waals surface area contributed by atoms with E-state index in [1.54, 1.807) is 0 Å². The molecular formula is C17H27N3O2. The van der Waals surface area contributed by atoms with Crippen LogP contribution in [0.4, 0.5) is 0 Å². The highest BCUT2D eigenvalue weighted by molar-refractivity contribution is 5.94. The molecule has 1 heterocycles. The Kier molecular flexibility index (Phi) is 6.21. The van der Waals surface area contributed by atoms with E-state index in [0.29, 0.717) is 6.61 Å². The minimum absolute atomic E-state index is 0.0889. The van der Waals surface area contributed by atoms with Gasteiger partial charge in [0, 0.05) is 31.2 Å². The van der Waals surface area contributed by atoms with Crippen LogP contribution in [0.5, 0.6) is 5.75 Å². The molecule has 0 radical (unpaired) electrons. The highest BCUT2D eigenvalue weighted by Gasteiger charge is 2.21. The van der Waals surface area contributed by atoms with Gasteiger partial charge in [0.15, 0.2) is 0 Å². The minimum atomic E-state index is 0.0889. The maximum absolute atomic E-state index is 12.4. The lowest BCUT2D eigenvalue weighted by molar-refractivity contribution is 0.0714. The number of likely N-dealkylation sites (tertiary alicyclic amines) is 1. The maximum atomic E-state index is 12.4. The summed E-state index contributed by atoms with van der Waals surface area (Å²) >= 11 is 0. The smallest absolute Gasteiger partial charge is 0.253 e. The van der Waals surface area contributed by atoms with Crippen molar-refractivity contribution >= 4 is 5.91 Å². The molecule has 0 spiro atoms. The van der Waals surface area contributed by atoms with Crippen LogP contribution < -0.4 is 10.5 Å². The van der Waals surface area contributed by atoms with Crippen molar-refractivity contribution in [2.75, 3.05) is 40.3 Å². The number of nitrogens with zero attached hydrogens (tertiary/aromatic N) is 2. The number of carbonyl (C=O) groups is 1. The van der Waals surface area contributed by atoms with Crippen LogP contribution in [0.25, 0.3) is 0 Å². The van der Waals surface area contributed by atoms with Crippen LogP contribution >= 0.6 is 0 Å². The Morgan fingerprint density at radius 3 is 2.50 bits per heavy atom. The average molecular weight is 305 g/mol. The zero-order valence-electron chi connectivity index (χ0n) is 13.6. The van der Waals surface area contributed by atoms with Crippen molar-refractivity contribution in [2.24, 2.45) is 5.73 Å². The Morgan fingerprint density at radius 2 is 1.91 bits per heavy atom. The summed E-state index contributed by atoms with van der Waals surface area (Å²) in [7, 11) is 4.10. The average Bonchev–Trinajstić information content (AvgIpc) is 2.52. The van der Waals surface area contributed by atoms with Gasteiger partial charge in [-0.25, -0.2) is 0 Å². The first-order valence-corrected chi connectivity index (χ1v) is 7.98. The maximum Gasteiger partial charge on any atom is 0.253 e. The van der Waals surface area contributed by atoms with Crippen LogP contribution in [0.15, 0.2) is 24.3 Å². The second-order valence-electron chi connectivity index (χ2n) is 6.16. The molecular weight excluding hydrogens is 278 g/mol. The number of hydrogen-bond acceptors (Lipinski definition) is 4. The molecule has 1 amide bonds. The second-order valence-corrected chi connectivity index (χ2v) is 6.16. The lowest BCUT2D eigenvalue weighted by Crippen LogP contribution is -2.42. The standard InChI is InChI=1S/C17H27N3O2/c1-19(2)10-3-13-22-16-6-4-14(5-7-16)17(21)20-11-8-15(18)9-12-20/h4-7,15H,3,8-13,18H2,1-2H3. The molecule has 5 nitrogen and oxygen atoms in total. The predicted molar refractivity (Wildman–Crippen MR) is 88.2 cm³/mol. The summed E-state index contributed by atoms with van der Waals surface area (Å²) in [6.45, 7) is 3.20. The monoisotopic (exact) mass is 305 g/mol. The predicted octanol–water partition coefficient (Wildman–Crippen LogP) is 1.58. The number of hydrogen-bond donors (Lipinski definition) is 1. The van der Waals surface area contributed by atoms with Gasteiger partial charge in [-0.3, -0.25) is 4.79 Å². The number of benzene rings is 1. The number of amides is 1.